The summed E-state index contributed by atoms with van der Waals surface area (Å²) in [4.78, 5) is 37.8. The van der Waals surface area contributed by atoms with Gasteiger partial charge in [0.1, 0.15) is 13.2 Å². The summed E-state index contributed by atoms with van der Waals surface area (Å²) in [7, 11) is 0. The Balaban J connectivity index is 4.29. The minimum atomic E-state index is -0.785. The average molecular weight is 829 g/mol. The second kappa shape index (κ2) is 48.3. The number of hydrogen-bond acceptors (Lipinski definition) is 6. The van der Waals surface area contributed by atoms with Gasteiger partial charge in [-0.1, -0.05) is 231 Å². The minimum absolute atomic E-state index is 0.0836. The Morgan fingerprint density at radius 3 is 1.03 bits per heavy atom. The van der Waals surface area contributed by atoms with Crippen LogP contribution < -0.4 is 0 Å². The van der Waals surface area contributed by atoms with Crippen molar-refractivity contribution in [3.05, 3.63) is 36.5 Å². The standard InChI is InChI=1S/C53H96O6/c1-4-7-10-13-16-19-22-24-25-26-27-28-29-30-32-34-37-40-43-46-52(55)58-49-50(48-57-51(54)45-42-39-36-33-21-18-15-12-9-6-3)59-53(56)47-44-41-38-35-31-23-20-17-14-11-8-5-2/h8,11,17,20,31,35,50H,4-7,9-10,12-16,18-19,21-30,32-34,36-49H2,1-3H3/b11-8-,20-17-,35-31-. The molecule has 0 saturated carbocycles. The molecule has 0 aromatic carbocycles. The molecule has 0 aliphatic carbocycles. The van der Waals surface area contributed by atoms with Crippen LogP contribution in [0, 0.1) is 0 Å². The van der Waals surface area contributed by atoms with Crippen LogP contribution in [0.1, 0.15) is 265 Å². The number of esters is 3. The Morgan fingerprint density at radius 1 is 0.356 bits per heavy atom. The monoisotopic (exact) mass is 829 g/mol. The molecule has 0 aromatic heterocycles. The summed E-state index contributed by atoms with van der Waals surface area (Å²) >= 11 is 0. The highest BCUT2D eigenvalue weighted by molar-refractivity contribution is 5.71. The number of allylic oxidation sites excluding steroid dienone is 6. The van der Waals surface area contributed by atoms with E-state index in [2.05, 4.69) is 57.2 Å². The average Bonchev–Trinajstić information content (AvgIpc) is 3.23. The van der Waals surface area contributed by atoms with Crippen LogP contribution in [0.4, 0.5) is 0 Å². The van der Waals surface area contributed by atoms with Crippen molar-refractivity contribution in [3.63, 3.8) is 0 Å². The fourth-order valence-electron chi connectivity index (χ4n) is 7.34. The maximum absolute atomic E-state index is 12.7. The summed E-state index contributed by atoms with van der Waals surface area (Å²) in [5.74, 6) is -0.915. The minimum Gasteiger partial charge on any atom is -0.462 e. The summed E-state index contributed by atoms with van der Waals surface area (Å²) in [6.45, 7) is 6.50. The van der Waals surface area contributed by atoms with Crippen molar-refractivity contribution in [1.29, 1.82) is 0 Å². The zero-order valence-electron chi connectivity index (χ0n) is 39.3. The van der Waals surface area contributed by atoms with Gasteiger partial charge in [0.05, 0.1) is 0 Å². The number of carbonyl (C=O) groups excluding carboxylic acids is 3. The Labute approximate surface area is 365 Å². The molecule has 344 valence electrons. The van der Waals surface area contributed by atoms with E-state index in [1.165, 1.54) is 148 Å². The van der Waals surface area contributed by atoms with Gasteiger partial charge in [0, 0.05) is 19.3 Å². The summed E-state index contributed by atoms with van der Waals surface area (Å²) in [6.07, 6.45) is 55.7. The lowest BCUT2D eigenvalue weighted by Crippen LogP contribution is -2.30. The number of hydrogen-bond donors (Lipinski definition) is 0. The highest BCUT2D eigenvalue weighted by atomic mass is 16.6. The maximum Gasteiger partial charge on any atom is 0.306 e. The molecule has 0 spiro atoms. The quantitative estimate of drug-likeness (QED) is 0.0263. The zero-order chi connectivity index (χ0) is 43.0. The molecular weight excluding hydrogens is 733 g/mol. The predicted molar refractivity (Wildman–Crippen MR) is 252 cm³/mol. The predicted octanol–water partition coefficient (Wildman–Crippen LogP) is 16.5. The van der Waals surface area contributed by atoms with Gasteiger partial charge in [0.15, 0.2) is 6.10 Å². The first-order valence-corrected chi connectivity index (χ1v) is 25.5. The van der Waals surface area contributed by atoms with Gasteiger partial charge < -0.3 is 14.2 Å². The Kier molecular flexibility index (Phi) is 46.4. The van der Waals surface area contributed by atoms with Gasteiger partial charge in [-0.3, -0.25) is 14.4 Å². The van der Waals surface area contributed by atoms with E-state index in [1.54, 1.807) is 0 Å². The third-order valence-corrected chi connectivity index (χ3v) is 11.2. The van der Waals surface area contributed by atoms with E-state index in [-0.39, 0.29) is 37.5 Å². The first-order chi connectivity index (χ1) is 29.0. The summed E-state index contributed by atoms with van der Waals surface area (Å²) < 4.78 is 16.7. The largest absolute Gasteiger partial charge is 0.462 e. The molecule has 0 saturated heterocycles. The molecule has 0 rings (SSSR count). The van der Waals surface area contributed by atoms with Crippen LogP contribution in [0.5, 0.6) is 0 Å². The lowest BCUT2D eigenvalue weighted by Gasteiger charge is -2.18. The number of ether oxygens (including phenoxy) is 3. The summed E-state index contributed by atoms with van der Waals surface area (Å²) in [5.41, 5.74) is 0. The maximum atomic E-state index is 12.7. The van der Waals surface area contributed by atoms with Crippen molar-refractivity contribution in [2.24, 2.45) is 0 Å². The van der Waals surface area contributed by atoms with Crippen LogP contribution in [-0.4, -0.2) is 37.2 Å². The van der Waals surface area contributed by atoms with E-state index in [1.807, 2.05) is 0 Å². The molecule has 0 fully saturated rings. The highest BCUT2D eigenvalue weighted by Gasteiger charge is 2.19. The molecule has 0 aliphatic heterocycles. The first kappa shape index (κ1) is 56.6. The smallest absolute Gasteiger partial charge is 0.306 e. The molecule has 0 aromatic rings. The van der Waals surface area contributed by atoms with E-state index in [9.17, 15) is 14.4 Å². The third-order valence-electron chi connectivity index (χ3n) is 11.2. The molecular formula is C53H96O6. The molecule has 0 amide bonds. The lowest BCUT2D eigenvalue weighted by atomic mass is 10.0. The Bertz CT molecular complexity index is 1000. The van der Waals surface area contributed by atoms with Crippen molar-refractivity contribution < 1.29 is 28.6 Å². The number of unbranched alkanes of at least 4 members (excludes halogenated alkanes) is 29. The summed E-state index contributed by atoms with van der Waals surface area (Å²) in [5, 5.41) is 0. The molecule has 1 unspecified atom stereocenters. The molecule has 0 heterocycles. The molecule has 59 heavy (non-hydrogen) atoms. The fourth-order valence-corrected chi connectivity index (χ4v) is 7.34. The van der Waals surface area contributed by atoms with Gasteiger partial charge in [-0.25, -0.2) is 0 Å². The van der Waals surface area contributed by atoms with E-state index in [0.717, 1.165) is 70.6 Å². The van der Waals surface area contributed by atoms with Crippen LogP contribution in [-0.2, 0) is 28.6 Å². The van der Waals surface area contributed by atoms with Crippen LogP contribution >= 0.6 is 0 Å². The van der Waals surface area contributed by atoms with E-state index in [0.29, 0.717) is 19.3 Å². The van der Waals surface area contributed by atoms with Crippen LogP contribution in [0.15, 0.2) is 36.5 Å². The van der Waals surface area contributed by atoms with Crippen molar-refractivity contribution in [2.75, 3.05) is 13.2 Å². The van der Waals surface area contributed by atoms with E-state index < -0.39 is 6.10 Å². The van der Waals surface area contributed by atoms with Crippen molar-refractivity contribution in [3.8, 4) is 0 Å². The van der Waals surface area contributed by atoms with Gasteiger partial charge in [-0.05, 0) is 51.4 Å². The van der Waals surface area contributed by atoms with Crippen molar-refractivity contribution in [1.82, 2.24) is 0 Å². The topological polar surface area (TPSA) is 78.9 Å². The molecule has 0 bridgehead atoms. The van der Waals surface area contributed by atoms with Crippen LogP contribution in [0.2, 0.25) is 0 Å². The van der Waals surface area contributed by atoms with Gasteiger partial charge in [0.2, 0.25) is 0 Å². The van der Waals surface area contributed by atoms with Gasteiger partial charge in [-0.15, -0.1) is 0 Å². The molecule has 1 atom stereocenters. The van der Waals surface area contributed by atoms with Crippen molar-refractivity contribution in [2.45, 2.75) is 271 Å². The SMILES string of the molecule is CC/C=C\C/C=C\C/C=C\CCCCC(=O)OC(COC(=O)CCCCCCCCCCCC)COC(=O)CCCCCCCCCCCCCCCCCCCCC. The van der Waals surface area contributed by atoms with Crippen LogP contribution in [0.3, 0.4) is 0 Å². The highest BCUT2D eigenvalue weighted by Crippen LogP contribution is 2.16. The third kappa shape index (κ3) is 46.5. The molecule has 6 nitrogen and oxygen atoms in total. The molecule has 0 N–H and O–H groups in total. The first-order valence-electron chi connectivity index (χ1n) is 25.5. The number of carbonyl (C=O) groups is 3. The lowest BCUT2D eigenvalue weighted by molar-refractivity contribution is -0.167. The molecule has 0 aliphatic rings. The second-order valence-electron chi connectivity index (χ2n) is 17.1. The molecule has 0 radical (unpaired) electrons. The fraction of sp³-hybridized carbons (Fsp3) is 0.830. The van der Waals surface area contributed by atoms with E-state index in [4.69, 9.17) is 14.2 Å². The van der Waals surface area contributed by atoms with Gasteiger partial charge in [0.25, 0.3) is 0 Å². The zero-order valence-corrected chi connectivity index (χ0v) is 39.3. The second-order valence-corrected chi connectivity index (χ2v) is 17.1. The Hall–Kier alpha value is -2.37. The van der Waals surface area contributed by atoms with Crippen molar-refractivity contribution >= 4 is 17.9 Å². The molecule has 6 heteroatoms. The Morgan fingerprint density at radius 2 is 0.661 bits per heavy atom. The number of rotatable bonds is 46. The normalized spacial score (nSPS) is 12.3. The van der Waals surface area contributed by atoms with E-state index >= 15 is 0 Å². The van der Waals surface area contributed by atoms with Gasteiger partial charge in [-0.2, -0.15) is 0 Å². The van der Waals surface area contributed by atoms with Crippen LogP contribution in [0.25, 0.3) is 0 Å². The summed E-state index contributed by atoms with van der Waals surface area (Å²) in [6, 6.07) is 0. The van der Waals surface area contributed by atoms with Gasteiger partial charge >= 0.3 is 17.9 Å².